The molecule has 0 bridgehead atoms. The zero-order chi connectivity index (χ0) is 25.8. The minimum absolute atomic E-state index is 0.358. The van der Waals surface area contributed by atoms with Gasteiger partial charge in [-0.2, -0.15) is 5.26 Å². The first-order valence-corrected chi connectivity index (χ1v) is 10.2. The Morgan fingerprint density at radius 1 is 1.06 bits per heavy atom. The highest BCUT2D eigenvalue weighted by Gasteiger charge is 2.24. The van der Waals surface area contributed by atoms with E-state index in [1.807, 2.05) is 31.2 Å². The second-order valence-corrected chi connectivity index (χ2v) is 7.91. The van der Waals surface area contributed by atoms with E-state index in [0.717, 1.165) is 16.3 Å². The summed E-state index contributed by atoms with van der Waals surface area (Å²) >= 11 is 0. The Kier molecular flexibility index (Phi) is 3.93. The average molecular weight is 435 g/mol. The summed E-state index contributed by atoms with van der Waals surface area (Å²) in [7, 11) is 1.67. The number of aryl methyl sites for hydroxylation is 3. The van der Waals surface area contributed by atoms with E-state index in [-0.39, 0.29) is 5.56 Å². The first-order chi connectivity index (χ1) is 17.1. The van der Waals surface area contributed by atoms with Crippen LogP contribution in [0.1, 0.15) is 20.8 Å². The van der Waals surface area contributed by atoms with Gasteiger partial charge in [-0.3, -0.25) is 0 Å². The quantitative estimate of drug-likeness (QED) is 0.223. The van der Waals surface area contributed by atoms with Crippen LogP contribution in [0.15, 0.2) is 65.2 Å². The Labute approximate surface area is 194 Å². The lowest BCUT2D eigenvalue weighted by Crippen LogP contribution is -2.31. The van der Waals surface area contributed by atoms with Gasteiger partial charge in [-0.15, -0.1) is 0 Å². The van der Waals surface area contributed by atoms with Crippen molar-refractivity contribution in [3.05, 3.63) is 94.7 Å². The van der Waals surface area contributed by atoms with Crippen LogP contribution in [-0.2, 0) is 7.05 Å². The second-order valence-electron chi connectivity index (χ2n) is 7.91. The molecule has 3 aromatic carbocycles. The van der Waals surface area contributed by atoms with E-state index in [0.29, 0.717) is 44.8 Å². The number of fused-ring (bicyclic) bond motifs is 3. The number of nitrogens with zero attached hydrogens (tertiary/aromatic N) is 3. The molecule has 5 heteroatoms. The van der Waals surface area contributed by atoms with Gasteiger partial charge in [0.05, 0.1) is 23.8 Å². The van der Waals surface area contributed by atoms with Crippen LogP contribution >= 0.6 is 0 Å². The van der Waals surface area contributed by atoms with E-state index >= 15 is 0 Å². The third-order valence-electron chi connectivity index (χ3n) is 5.88. The number of halogens is 1. The highest BCUT2D eigenvalue weighted by Crippen LogP contribution is 2.42. The van der Waals surface area contributed by atoms with Crippen LogP contribution in [0.25, 0.3) is 49.2 Å². The maximum absolute atomic E-state index is 14.9. The molecule has 0 aliphatic carbocycles. The van der Waals surface area contributed by atoms with Crippen LogP contribution in [0, 0.1) is 37.5 Å². The van der Waals surface area contributed by atoms with Gasteiger partial charge in [0.1, 0.15) is 24.0 Å². The number of hydrogen-bond donors (Lipinski definition) is 0. The van der Waals surface area contributed by atoms with Gasteiger partial charge in [0.25, 0.3) is 0 Å². The maximum atomic E-state index is 14.9. The molecule has 0 radical (unpaired) electrons. The highest BCUT2D eigenvalue weighted by atomic mass is 19.1. The van der Waals surface area contributed by atoms with Crippen molar-refractivity contribution >= 4 is 27.6 Å². The van der Waals surface area contributed by atoms with Gasteiger partial charge in [0.15, 0.2) is 11.9 Å². The van der Waals surface area contributed by atoms with E-state index in [4.69, 9.17) is 15.1 Å². The van der Waals surface area contributed by atoms with Gasteiger partial charge in [-0.1, -0.05) is 30.3 Å². The summed E-state index contributed by atoms with van der Waals surface area (Å²) in [5, 5.41) is 11.4. The number of rotatable bonds is 2. The Hall–Kier alpha value is -4.48. The molecule has 0 spiro atoms. The van der Waals surface area contributed by atoms with Crippen molar-refractivity contribution in [3.63, 3.8) is 0 Å². The lowest BCUT2D eigenvalue weighted by molar-refractivity contribution is -0.661. The maximum Gasteiger partial charge on any atom is 0.219 e. The first-order valence-electron chi connectivity index (χ1n) is 11.7. The molecule has 0 saturated carbocycles. The van der Waals surface area contributed by atoms with Crippen molar-refractivity contribution in [3.8, 4) is 28.5 Å². The third kappa shape index (κ3) is 3.14. The first kappa shape index (κ1) is 17.1. The summed E-state index contributed by atoms with van der Waals surface area (Å²) in [5.41, 5.74) is 4.63. The summed E-state index contributed by atoms with van der Waals surface area (Å²) < 4.78 is 45.8. The molecule has 2 heterocycles. The predicted molar refractivity (Wildman–Crippen MR) is 126 cm³/mol. The van der Waals surface area contributed by atoms with Gasteiger partial charge in [0, 0.05) is 32.1 Å². The fourth-order valence-corrected chi connectivity index (χ4v) is 4.30. The number of pyridine rings is 1. The monoisotopic (exact) mass is 435 g/mol. The van der Waals surface area contributed by atoms with Crippen LogP contribution < -0.4 is 4.57 Å². The molecule has 33 heavy (non-hydrogen) atoms. The molecule has 0 unspecified atom stereocenters. The van der Waals surface area contributed by atoms with Crippen LogP contribution in [0.4, 0.5) is 10.1 Å². The van der Waals surface area contributed by atoms with Gasteiger partial charge in [-0.05, 0) is 43.1 Å². The van der Waals surface area contributed by atoms with E-state index in [2.05, 4.69) is 10.9 Å². The van der Waals surface area contributed by atoms with Gasteiger partial charge in [0.2, 0.25) is 5.69 Å². The van der Waals surface area contributed by atoms with E-state index in [1.165, 1.54) is 12.3 Å². The van der Waals surface area contributed by atoms with Crippen LogP contribution in [0.2, 0.25) is 0 Å². The van der Waals surface area contributed by atoms with E-state index in [1.54, 1.807) is 35.9 Å². The predicted octanol–water partition coefficient (Wildman–Crippen LogP) is 6.92. The molecule has 4 nitrogen and oxygen atoms in total. The van der Waals surface area contributed by atoms with Crippen molar-refractivity contribution in [2.24, 2.45) is 7.05 Å². The summed E-state index contributed by atoms with van der Waals surface area (Å²) in [6.45, 7) is 6.65. The third-order valence-corrected chi connectivity index (χ3v) is 5.88. The molecule has 0 fully saturated rings. The Morgan fingerprint density at radius 2 is 1.82 bits per heavy atom. The molecule has 158 valence electrons. The van der Waals surface area contributed by atoms with Gasteiger partial charge in [-0.25, -0.2) is 13.8 Å². The van der Waals surface area contributed by atoms with Crippen LogP contribution in [-0.4, -0.2) is 0 Å². The number of nitriles is 1. The average Bonchev–Trinajstić information content (AvgIpc) is 3.22. The minimum Gasteiger partial charge on any atom is -0.454 e. The Morgan fingerprint density at radius 3 is 2.55 bits per heavy atom. The van der Waals surface area contributed by atoms with Gasteiger partial charge < -0.3 is 4.42 Å². The lowest BCUT2D eigenvalue weighted by atomic mass is 9.96. The molecule has 0 aliphatic heterocycles. The molecule has 0 amide bonds. The van der Waals surface area contributed by atoms with Crippen LogP contribution in [0.3, 0.4) is 0 Å². The zero-order valence-electron chi connectivity index (χ0n) is 20.9. The Balaban J connectivity index is 1.86. The summed E-state index contributed by atoms with van der Waals surface area (Å²) in [4.78, 5) is 3.50. The smallest absolute Gasteiger partial charge is 0.219 e. The SMILES string of the molecule is [2H]C([2H])([2H])c1c[n+](C)c(-c2c(C)ccc3c2oc2c(-c4cccc([N+]#[C-])c4)c(C#N)ccc23)cc1F. The second kappa shape index (κ2) is 7.58. The number of benzene rings is 3. The van der Waals surface area contributed by atoms with Crippen molar-refractivity contribution in [1.29, 1.82) is 5.26 Å². The molecule has 2 aromatic heterocycles. The van der Waals surface area contributed by atoms with Crippen molar-refractivity contribution in [2.75, 3.05) is 0 Å². The topological polar surface area (TPSA) is 45.2 Å². The summed E-state index contributed by atoms with van der Waals surface area (Å²) in [5.74, 6) is -0.820. The largest absolute Gasteiger partial charge is 0.454 e. The van der Waals surface area contributed by atoms with Crippen molar-refractivity contribution < 1.29 is 17.5 Å². The normalized spacial score (nSPS) is 12.7. The number of aromatic nitrogens is 1. The molecular weight excluding hydrogens is 413 g/mol. The zero-order valence-corrected chi connectivity index (χ0v) is 17.9. The lowest BCUT2D eigenvalue weighted by Gasteiger charge is -2.07. The number of hydrogen-bond acceptors (Lipinski definition) is 2. The van der Waals surface area contributed by atoms with Crippen molar-refractivity contribution in [2.45, 2.75) is 13.8 Å². The fraction of sp³-hybridized carbons (Fsp3) is 0.107. The highest BCUT2D eigenvalue weighted by molar-refractivity contribution is 6.14. The van der Waals surface area contributed by atoms with E-state index in [9.17, 15) is 9.65 Å². The summed E-state index contributed by atoms with van der Waals surface area (Å²) in [6.07, 6.45) is 1.29. The molecule has 0 saturated heterocycles. The van der Waals surface area contributed by atoms with Crippen LogP contribution in [0.5, 0.6) is 0 Å². The fourth-order valence-electron chi connectivity index (χ4n) is 4.30. The molecule has 0 aliphatic rings. The molecule has 5 aromatic rings. The van der Waals surface area contributed by atoms with Gasteiger partial charge >= 0.3 is 0 Å². The summed E-state index contributed by atoms with van der Waals surface area (Å²) in [6, 6.07) is 17.8. The molecule has 0 N–H and O–H groups in total. The Bertz CT molecular complexity index is 1790. The number of furan rings is 1. The standard InChI is InChI=1S/C28H19FN3O/c1-16-8-10-21-22-11-9-19(14-30)26(18-6-5-7-20(12-18)31-3)28(22)33-27(21)25(16)24-13-23(29)17(2)15-32(24)4/h5-13,15H,1-2,4H3/q+1/i2D3. The molecular formula is C28H19FN3O+. The van der Waals surface area contributed by atoms with E-state index < -0.39 is 12.7 Å². The molecule has 0 atom stereocenters. The van der Waals surface area contributed by atoms with Crippen molar-refractivity contribution in [1.82, 2.24) is 0 Å². The minimum atomic E-state index is -2.58. The molecule has 5 rings (SSSR count).